The van der Waals surface area contributed by atoms with Gasteiger partial charge in [0.2, 0.25) is 0 Å². The Kier molecular flexibility index (Phi) is 6.05. The minimum absolute atomic E-state index is 0.332. The van der Waals surface area contributed by atoms with Crippen LogP contribution < -0.4 is 4.74 Å². The molecule has 1 aromatic carbocycles. The lowest BCUT2D eigenvalue weighted by molar-refractivity contribution is 0.0694. The molecule has 1 N–H and O–H groups in total. The molecule has 0 saturated carbocycles. The molecular formula is C17H25NO3. The van der Waals surface area contributed by atoms with Crippen LogP contribution in [0.15, 0.2) is 18.2 Å². The number of benzene rings is 1. The molecule has 0 amide bonds. The van der Waals surface area contributed by atoms with E-state index >= 15 is 0 Å². The smallest absolute Gasteiger partial charge is 0.335 e. The van der Waals surface area contributed by atoms with Gasteiger partial charge in [-0.05, 0) is 24.6 Å². The highest BCUT2D eigenvalue weighted by Crippen LogP contribution is 2.26. The number of hydrogen-bond donors (Lipinski definition) is 1. The van der Waals surface area contributed by atoms with Gasteiger partial charge in [0.25, 0.3) is 0 Å². The second-order valence-corrected chi connectivity index (χ2v) is 5.72. The largest absolute Gasteiger partial charge is 0.478 e. The van der Waals surface area contributed by atoms with Gasteiger partial charge >= 0.3 is 5.97 Å². The summed E-state index contributed by atoms with van der Waals surface area (Å²) >= 11 is 0. The standard InChI is InChI=1S/C17H25NO3/c1-2-3-4-5-6-7-10-18-12-15-11-14(17(19)20)8-9-16(15)21-13-18/h8-9,11H,2-7,10,12-13H2,1H3,(H,19,20). The van der Waals surface area contributed by atoms with E-state index in [2.05, 4.69) is 11.8 Å². The molecule has 0 aliphatic carbocycles. The number of ether oxygens (including phenoxy) is 1. The van der Waals surface area contributed by atoms with Crippen molar-refractivity contribution in [2.75, 3.05) is 13.3 Å². The first-order valence-corrected chi connectivity index (χ1v) is 7.92. The number of fused-ring (bicyclic) bond motifs is 1. The van der Waals surface area contributed by atoms with Gasteiger partial charge in [0.1, 0.15) is 12.5 Å². The number of hydrogen-bond acceptors (Lipinski definition) is 3. The van der Waals surface area contributed by atoms with Gasteiger partial charge in [-0.3, -0.25) is 4.90 Å². The van der Waals surface area contributed by atoms with Gasteiger partial charge in [-0.15, -0.1) is 0 Å². The predicted octanol–water partition coefficient (Wildman–Crippen LogP) is 3.90. The Bertz CT molecular complexity index is 473. The van der Waals surface area contributed by atoms with Crippen LogP contribution in [0.1, 0.15) is 61.4 Å². The zero-order valence-corrected chi connectivity index (χ0v) is 12.8. The highest BCUT2D eigenvalue weighted by atomic mass is 16.5. The monoisotopic (exact) mass is 291 g/mol. The molecule has 0 fully saturated rings. The SMILES string of the molecule is CCCCCCCCN1COc2ccc(C(=O)O)cc2C1. The summed E-state index contributed by atoms with van der Waals surface area (Å²) in [6, 6.07) is 5.09. The van der Waals surface area contributed by atoms with E-state index in [4.69, 9.17) is 9.84 Å². The summed E-state index contributed by atoms with van der Waals surface area (Å²) in [5, 5.41) is 9.04. The second-order valence-electron chi connectivity index (χ2n) is 5.72. The van der Waals surface area contributed by atoms with Crippen LogP contribution in [-0.4, -0.2) is 29.3 Å². The van der Waals surface area contributed by atoms with Crippen molar-refractivity contribution in [3.63, 3.8) is 0 Å². The van der Waals surface area contributed by atoms with Crippen LogP contribution in [0.4, 0.5) is 0 Å². The fraction of sp³-hybridized carbons (Fsp3) is 0.588. The molecule has 21 heavy (non-hydrogen) atoms. The molecule has 2 rings (SSSR count). The third-order valence-corrected chi connectivity index (χ3v) is 3.93. The van der Waals surface area contributed by atoms with Crippen LogP contribution >= 0.6 is 0 Å². The molecule has 1 heterocycles. The Hall–Kier alpha value is -1.55. The van der Waals surface area contributed by atoms with Gasteiger partial charge in [-0.1, -0.05) is 39.0 Å². The van der Waals surface area contributed by atoms with Crippen molar-refractivity contribution in [3.05, 3.63) is 29.3 Å². The van der Waals surface area contributed by atoms with Crippen molar-refractivity contribution in [2.45, 2.75) is 52.0 Å². The van der Waals surface area contributed by atoms with E-state index in [0.717, 1.165) is 24.4 Å². The Balaban J connectivity index is 1.79. The Morgan fingerprint density at radius 2 is 2.00 bits per heavy atom. The minimum Gasteiger partial charge on any atom is -0.478 e. The minimum atomic E-state index is -0.883. The van der Waals surface area contributed by atoms with Gasteiger partial charge in [-0.2, -0.15) is 0 Å². The number of carbonyl (C=O) groups is 1. The maximum Gasteiger partial charge on any atom is 0.335 e. The van der Waals surface area contributed by atoms with E-state index in [9.17, 15) is 4.79 Å². The first kappa shape index (κ1) is 15.8. The van der Waals surface area contributed by atoms with Crippen molar-refractivity contribution in [2.24, 2.45) is 0 Å². The number of aromatic carboxylic acids is 1. The van der Waals surface area contributed by atoms with Gasteiger partial charge in [-0.25, -0.2) is 4.79 Å². The van der Waals surface area contributed by atoms with Crippen LogP contribution in [0.3, 0.4) is 0 Å². The van der Waals surface area contributed by atoms with E-state index in [-0.39, 0.29) is 0 Å². The Labute approximate surface area is 126 Å². The average molecular weight is 291 g/mol. The quantitative estimate of drug-likeness (QED) is 0.738. The molecule has 116 valence electrons. The van der Waals surface area contributed by atoms with E-state index < -0.39 is 5.97 Å². The molecule has 0 unspecified atom stereocenters. The third-order valence-electron chi connectivity index (χ3n) is 3.93. The van der Waals surface area contributed by atoms with Gasteiger partial charge < -0.3 is 9.84 Å². The zero-order chi connectivity index (χ0) is 15.1. The summed E-state index contributed by atoms with van der Waals surface area (Å²) < 4.78 is 5.70. The normalized spacial score (nSPS) is 14.5. The molecule has 0 aromatic heterocycles. The zero-order valence-electron chi connectivity index (χ0n) is 12.8. The molecule has 1 aliphatic rings. The number of rotatable bonds is 8. The number of carboxylic acid groups (broad SMARTS) is 1. The average Bonchev–Trinajstić information content (AvgIpc) is 2.50. The van der Waals surface area contributed by atoms with E-state index in [1.54, 1.807) is 18.2 Å². The van der Waals surface area contributed by atoms with Crippen molar-refractivity contribution in [1.29, 1.82) is 0 Å². The van der Waals surface area contributed by atoms with Gasteiger partial charge in [0, 0.05) is 18.7 Å². The summed E-state index contributed by atoms with van der Waals surface area (Å²) in [5.74, 6) is -0.0648. The highest BCUT2D eigenvalue weighted by molar-refractivity contribution is 5.88. The number of nitrogens with zero attached hydrogens (tertiary/aromatic N) is 1. The predicted molar refractivity (Wildman–Crippen MR) is 82.7 cm³/mol. The first-order valence-electron chi connectivity index (χ1n) is 7.92. The van der Waals surface area contributed by atoms with E-state index in [1.165, 1.54) is 38.5 Å². The maximum absolute atomic E-state index is 11.0. The molecule has 4 heteroatoms. The molecule has 4 nitrogen and oxygen atoms in total. The van der Waals surface area contributed by atoms with E-state index in [1.807, 2.05) is 0 Å². The van der Waals surface area contributed by atoms with Crippen LogP contribution in [0.25, 0.3) is 0 Å². The van der Waals surface area contributed by atoms with Crippen LogP contribution in [0.5, 0.6) is 5.75 Å². The van der Waals surface area contributed by atoms with Crippen molar-refractivity contribution in [3.8, 4) is 5.75 Å². The maximum atomic E-state index is 11.0. The third kappa shape index (κ3) is 4.74. The van der Waals surface area contributed by atoms with Crippen molar-refractivity contribution >= 4 is 5.97 Å². The Morgan fingerprint density at radius 1 is 1.24 bits per heavy atom. The summed E-state index contributed by atoms with van der Waals surface area (Å²) in [6.07, 6.45) is 7.69. The lowest BCUT2D eigenvalue weighted by atomic mass is 10.1. The van der Waals surface area contributed by atoms with Crippen LogP contribution in [0, 0.1) is 0 Å². The van der Waals surface area contributed by atoms with Crippen LogP contribution in [-0.2, 0) is 6.54 Å². The second kappa shape index (κ2) is 8.03. The van der Waals surface area contributed by atoms with E-state index in [0.29, 0.717) is 12.3 Å². The first-order chi connectivity index (χ1) is 10.2. The van der Waals surface area contributed by atoms with Crippen LogP contribution in [0.2, 0.25) is 0 Å². The molecular weight excluding hydrogens is 266 g/mol. The summed E-state index contributed by atoms with van der Waals surface area (Å²) in [4.78, 5) is 13.3. The summed E-state index contributed by atoms with van der Waals surface area (Å²) in [5.41, 5.74) is 1.31. The summed E-state index contributed by atoms with van der Waals surface area (Å²) in [7, 11) is 0. The molecule has 0 saturated heterocycles. The number of carboxylic acids is 1. The van der Waals surface area contributed by atoms with Crippen molar-refractivity contribution < 1.29 is 14.6 Å². The summed E-state index contributed by atoms with van der Waals surface area (Å²) in [6.45, 7) is 4.64. The molecule has 0 bridgehead atoms. The lowest BCUT2D eigenvalue weighted by Crippen LogP contribution is -2.32. The van der Waals surface area contributed by atoms with Gasteiger partial charge in [0.05, 0.1) is 5.56 Å². The molecule has 0 spiro atoms. The fourth-order valence-corrected chi connectivity index (χ4v) is 2.68. The molecule has 0 atom stereocenters. The van der Waals surface area contributed by atoms with Crippen molar-refractivity contribution in [1.82, 2.24) is 4.90 Å². The molecule has 0 radical (unpaired) electrons. The topological polar surface area (TPSA) is 49.8 Å². The lowest BCUT2D eigenvalue weighted by Gasteiger charge is -2.29. The fourth-order valence-electron chi connectivity index (χ4n) is 2.68. The molecule has 1 aromatic rings. The number of unbranched alkanes of at least 4 members (excludes halogenated alkanes) is 5. The highest BCUT2D eigenvalue weighted by Gasteiger charge is 2.18. The molecule has 1 aliphatic heterocycles. The Morgan fingerprint density at radius 3 is 2.76 bits per heavy atom. The van der Waals surface area contributed by atoms with Gasteiger partial charge in [0.15, 0.2) is 0 Å².